The van der Waals surface area contributed by atoms with E-state index in [1.165, 1.54) is 11.3 Å². The van der Waals surface area contributed by atoms with Gasteiger partial charge in [0.05, 0.1) is 0 Å². The molecule has 0 saturated heterocycles. The van der Waals surface area contributed by atoms with Crippen molar-refractivity contribution >= 4 is 23.2 Å². The molecule has 0 radical (unpaired) electrons. The van der Waals surface area contributed by atoms with Gasteiger partial charge in [0, 0.05) is 6.54 Å². The van der Waals surface area contributed by atoms with Crippen molar-refractivity contribution in [3.63, 3.8) is 0 Å². The van der Waals surface area contributed by atoms with Crippen LogP contribution in [-0.2, 0) is 0 Å². The number of anilines is 1. The third kappa shape index (κ3) is 2.47. The van der Waals surface area contributed by atoms with E-state index in [1.54, 1.807) is 6.33 Å². The lowest BCUT2D eigenvalue weighted by molar-refractivity contribution is 0.917. The summed E-state index contributed by atoms with van der Waals surface area (Å²) in [6.45, 7) is 3.04. The Hall–Kier alpha value is -1.23. The maximum atomic E-state index is 4.20. The molecular weight excluding hydrogens is 220 g/mol. The zero-order chi connectivity index (χ0) is 11.4. The summed E-state index contributed by atoms with van der Waals surface area (Å²) in [5.41, 5.74) is 2.10. The van der Waals surface area contributed by atoms with Crippen LogP contribution in [0.5, 0.6) is 0 Å². The summed E-state index contributed by atoms with van der Waals surface area (Å²) in [6, 6.07) is 4.13. The molecule has 16 heavy (non-hydrogen) atoms. The number of hydrogen-bond acceptors (Lipinski definition) is 4. The van der Waals surface area contributed by atoms with Crippen molar-refractivity contribution in [3.8, 4) is 0 Å². The van der Waals surface area contributed by atoms with Gasteiger partial charge in [-0.2, -0.15) is 21.4 Å². The molecule has 2 heterocycles. The summed E-state index contributed by atoms with van der Waals surface area (Å²) in [5.74, 6) is 2.20. The number of nitrogens with one attached hydrogen (secondary N) is 1. The molecule has 2 aromatic rings. The number of pyridine rings is 1. The molecule has 0 atom stereocenters. The quantitative estimate of drug-likeness (QED) is 0.808. The molecule has 86 valence electrons. The van der Waals surface area contributed by atoms with Crippen LogP contribution in [-0.4, -0.2) is 33.2 Å². The molecule has 0 aliphatic carbocycles. The fourth-order valence-corrected chi connectivity index (χ4v) is 2.05. The van der Waals surface area contributed by atoms with Crippen LogP contribution < -0.4 is 5.32 Å². The van der Waals surface area contributed by atoms with Gasteiger partial charge in [0.15, 0.2) is 5.65 Å². The van der Waals surface area contributed by atoms with Crippen molar-refractivity contribution in [2.45, 2.75) is 13.3 Å². The highest BCUT2D eigenvalue weighted by Gasteiger charge is 2.02. The lowest BCUT2D eigenvalue weighted by Crippen LogP contribution is -2.07. The molecule has 2 rings (SSSR count). The number of aromatic nitrogens is 3. The number of fused-ring (bicyclic) bond motifs is 1. The second-order valence-corrected chi connectivity index (χ2v) is 4.71. The first-order valence-electron chi connectivity index (χ1n) is 5.34. The smallest absolute Gasteiger partial charge is 0.157 e. The fraction of sp³-hybridized carbons (Fsp3) is 0.455. The standard InChI is InChI=1S/C11H16N4S/c1-9-6-10(12-4-3-5-16-2)15-11(7-9)13-8-14-15/h6-8,12H,3-5H2,1-2H3. The van der Waals surface area contributed by atoms with Crippen molar-refractivity contribution in [2.24, 2.45) is 0 Å². The summed E-state index contributed by atoms with van der Waals surface area (Å²) >= 11 is 1.87. The lowest BCUT2D eigenvalue weighted by atomic mass is 10.3. The first-order chi connectivity index (χ1) is 7.81. The minimum atomic E-state index is 0.896. The molecule has 0 spiro atoms. The SMILES string of the molecule is CSCCCNc1cc(C)cc2ncnn12. The Morgan fingerprint density at radius 3 is 3.12 bits per heavy atom. The first-order valence-corrected chi connectivity index (χ1v) is 6.74. The molecule has 0 aromatic carbocycles. The number of hydrogen-bond donors (Lipinski definition) is 1. The van der Waals surface area contributed by atoms with Crippen LogP contribution >= 0.6 is 11.8 Å². The number of rotatable bonds is 5. The van der Waals surface area contributed by atoms with Gasteiger partial charge in [-0.3, -0.25) is 0 Å². The Morgan fingerprint density at radius 1 is 1.44 bits per heavy atom. The number of nitrogens with zero attached hydrogens (tertiary/aromatic N) is 3. The van der Waals surface area contributed by atoms with Gasteiger partial charge in [-0.15, -0.1) is 0 Å². The summed E-state index contributed by atoms with van der Waals surface area (Å²) in [7, 11) is 0. The second kappa shape index (κ2) is 5.21. The van der Waals surface area contributed by atoms with E-state index in [-0.39, 0.29) is 0 Å². The molecule has 0 amide bonds. The first kappa shape index (κ1) is 11.3. The maximum absolute atomic E-state index is 4.20. The average molecular weight is 236 g/mol. The van der Waals surface area contributed by atoms with E-state index in [0.717, 1.165) is 24.4 Å². The topological polar surface area (TPSA) is 42.2 Å². The molecule has 0 aliphatic heterocycles. The van der Waals surface area contributed by atoms with E-state index in [4.69, 9.17) is 0 Å². The van der Waals surface area contributed by atoms with Crippen LogP contribution in [0.4, 0.5) is 5.82 Å². The largest absolute Gasteiger partial charge is 0.370 e. The van der Waals surface area contributed by atoms with Crippen molar-refractivity contribution in [1.29, 1.82) is 0 Å². The lowest BCUT2D eigenvalue weighted by Gasteiger charge is -2.08. The molecular formula is C11H16N4S. The van der Waals surface area contributed by atoms with Crippen LogP contribution in [0.2, 0.25) is 0 Å². The van der Waals surface area contributed by atoms with Gasteiger partial charge in [-0.25, -0.2) is 4.98 Å². The van der Waals surface area contributed by atoms with Gasteiger partial charge < -0.3 is 5.32 Å². The van der Waals surface area contributed by atoms with E-state index in [2.05, 4.69) is 34.6 Å². The van der Waals surface area contributed by atoms with Gasteiger partial charge >= 0.3 is 0 Å². The highest BCUT2D eigenvalue weighted by Crippen LogP contribution is 2.13. The van der Waals surface area contributed by atoms with Gasteiger partial charge in [0.2, 0.25) is 0 Å². The Kier molecular flexibility index (Phi) is 3.66. The average Bonchev–Trinajstić information content (AvgIpc) is 2.72. The Balaban J connectivity index is 2.12. The van der Waals surface area contributed by atoms with Crippen molar-refractivity contribution in [1.82, 2.24) is 14.6 Å². The highest BCUT2D eigenvalue weighted by molar-refractivity contribution is 7.98. The predicted octanol–water partition coefficient (Wildman–Crippen LogP) is 2.20. The van der Waals surface area contributed by atoms with Crippen molar-refractivity contribution < 1.29 is 0 Å². The maximum Gasteiger partial charge on any atom is 0.157 e. The second-order valence-electron chi connectivity index (χ2n) is 3.72. The number of aryl methyl sites for hydroxylation is 1. The Morgan fingerprint density at radius 2 is 2.31 bits per heavy atom. The van der Waals surface area contributed by atoms with Crippen LogP contribution in [0.25, 0.3) is 5.65 Å². The molecule has 1 N–H and O–H groups in total. The molecule has 0 bridgehead atoms. The number of thioether (sulfide) groups is 1. The minimum Gasteiger partial charge on any atom is -0.370 e. The van der Waals surface area contributed by atoms with Gasteiger partial charge in [-0.05, 0) is 43.0 Å². The molecule has 0 aliphatic rings. The monoisotopic (exact) mass is 236 g/mol. The van der Waals surface area contributed by atoms with Crippen LogP contribution in [0.15, 0.2) is 18.5 Å². The van der Waals surface area contributed by atoms with E-state index in [0.29, 0.717) is 0 Å². The van der Waals surface area contributed by atoms with Crippen LogP contribution in [0, 0.1) is 6.92 Å². The molecule has 4 nitrogen and oxygen atoms in total. The van der Waals surface area contributed by atoms with Crippen LogP contribution in [0.3, 0.4) is 0 Å². The summed E-state index contributed by atoms with van der Waals surface area (Å²) in [6.07, 6.45) is 4.87. The molecule has 5 heteroatoms. The minimum absolute atomic E-state index is 0.896. The zero-order valence-electron chi connectivity index (χ0n) is 9.60. The summed E-state index contributed by atoms with van der Waals surface area (Å²) < 4.78 is 1.84. The van der Waals surface area contributed by atoms with E-state index in [1.807, 2.05) is 22.3 Å². The normalized spacial score (nSPS) is 10.9. The van der Waals surface area contributed by atoms with Gasteiger partial charge in [-0.1, -0.05) is 0 Å². The molecule has 0 unspecified atom stereocenters. The third-order valence-electron chi connectivity index (χ3n) is 2.35. The van der Waals surface area contributed by atoms with Crippen LogP contribution in [0.1, 0.15) is 12.0 Å². The molecule has 2 aromatic heterocycles. The van der Waals surface area contributed by atoms with Gasteiger partial charge in [0.1, 0.15) is 12.1 Å². The fourth-order valence-electron chi connectivity index (χ4n) is 1.62. The Bertz CT molecular complexity index is 466. The Labute approximate surface area is 99.5 Å². The van der Waals surface area contributed by atoms with E-state index in [9.17, 15) is 0 Å². The van der Waals surface area contributed by atoms with Crippen molar-refractivity contribution in [2.75, 3.05) is 23.9 Å². The molecule has 0 saturated carbocycles. The highest BCUT2D eigenvalue weighted by atomic mass is 32.2. The van der Waals surface area contributed by atoms with Gasteiger partial charge in [0.25, 0.3) is 0 Å². The summed E-state index contributed by atoms with van der Waals surface area (Å²) in [5, 5.41) is 7.59. The van der Waals surface area contributed by atoms with Crippen molar-refractivity contribution in [3.05, 3.63) is 24.0 Å². The molecule has 0 fully saturated rings. The third-order valence-corrected chi connectivity index (χ3v) is 3.05. The predicted molar refractivity (Wildman–Crippen MR) is 69.2 cm³/mol. The zero-order valence-corrected chi connectivity index (χ0v) is 10.4. The van der Waals surface area contributed by atoms with E-state index >= 15 is 0 Å². The summed E-state index contributed by atoms with van der Waals surface area (Å²) in [4.78, 5) is 4.19. The van der Waals surface area contributed by atoms with E-state index < -0.39 is 0 Å².